The van der Waals surface area contributed by atoms with Crippen LogP contribution in [0.2, 0.25) is 0 Å². The summed E-state index contributed by atoms with van der Waals surface area (Å²) >= 11 is 0. The summed E-state index contributed by atoms with van der Waals surface area (Å²) in [5, 5.41) is 14.5. The number of hydrogen-bond acceptors (Lipinski definition) is 14. The molecule has 0 bridgehead atoms. The van der Waals surface area contributed by atoms with Crippen LogP contribution in [-0.4, -0.2) is 140 Å². The average molecular weight is 1090 g/mol. The van der Waals surface area contributed by atoms with E-state index in [1.165, 1.54) is 0 Å². The zero-order valence-corrected chi connectivity index (χ0v) is 47.5. The van der Waals surface area contributed by atoms with Gasteiger partial charge in [0.15, 0.2) is 11.6 Å². The Balaban J connectivity index is 1.04. The van der Waals surface area contributed by atoms with Gasteiger partial charge in [-0.25, -0.2) is 4.68 Å². The third-order valence-electron chi connectivity index (χ3n) is 14.8. The molecule has 2 aliphatic rings. The van der Waals surface area contributed by atoms with E-state index >= 15 is 0 Å². The highest BCUT2D eigenvalue weighted by Crippen LogP contribution is 2.47. The van der Waals surface area contributed by atoms with E-state index in [1.54, 1.807) is 30.1 Å². The van der Waals surface area contributed by atoms with Gasteiger partial charge in [-0.05, 0) is 92.0 Å². The van der Waals surface area contributed by atoms with Crippen molar-refractivity contribution in [3.8, 4) is 5.75 Å². The summed E-state index contributed by atoms with van der Waals surface area (Å²) in [5.41, 5.74) is 3.14. The van der Waals surface area contributed by atoms with Gasteiger partial charge >= 0.3 is 5.97 Å². The van der Waals surface area contributed by atoms with Gasteiger partial charge in [-0.2, -0.15) is 0 Å². The second kappa shape index (κ2) is 32.3. The smallest absolute Gasteiger partial charge is 0.311 e. The third kappa shape index (κ3) is 21.9. The number of morpholine rings is 1. The van der Waals surface area contributed by atoms with Crippen molar-refractivity contribution in [1.82, 2.24) is 30.5 Å². The van der Waals surface area contributed by atoms with Crippen molar-refractivity contribution < 1.29 is 52.5 Å². The van der Waals surface area contributed by atoms with E-state index in [4.69, 9.17) is 23.7 Å². The molecule has 2 N–H and O–H groups in total. The topological polar surface area (TPSA) is 207 Å². The fourth-order valence-electron chi connectivity index (χ4n) is 9.95. The third-order valence-corrected chi connectivity index (χ3v) is 14.8. The Hall–Kier alpha value is -5.98. The van der Waals surface area contributed by atoms with Crippen LogP contribution in [0.1, 0.15) is 108 Å². The number of nitrogens with zero attached hydrogens (tertiary/aromatic N) is 4. The Kier molecular flexibility index (Phi) is 25.5. The lowest BCUT2D eigenvalue weighted by Crippen LogP contribution is -2.50. The fraction of sp³-hybridized carbons (Fsp3) is 0.581. The summed E-state index contributed by atoms with van der Waals surface area (Å²) in [6, 6.07) is 25.1. The van der Waals surface area contributed by atoms with Crippen molar-refractivity contribution in [2.75, 3.05) is 66.4 Å². The summed E-state index contributed by atoms with van der Waals surface area (Å²) in [4.78, 5) is 86.3. The van der Waals surface area contributed by atoms with Crippen LogP contribution >= 0.6 is 0 Å². The van der Waals surface area contributed by atoms with Gasteiger partial charge in [-0.15, -0.1) is 5.10 Å². The van der Waals surface area contributed by atoms with E-state index < -0.39 is 35.3 Å². The monoisotopic (exact) mass is 1090 g/mol. The largest absolute Gasteiger partial charge is 0.427 e. The number of Topliss-reactive ketones (excluding diaryl/α,β-unsaturated/α-hetero) is 3. The SMILES string of the molecule is COCCOCCOCCn1cc(CCC(=O)Oc2ccc(CC3COCCN3CC(=O)C[C@@H](CCc3ccccc3)C(=O)N[C@@H](CC(C)C)C(=O)C[C@@H](Cc3ccccc3)C(=O)N[C@@H](CC(C)C)C(=O)C3(C)CC3)cc2)nn1. The fourth-order valence-corrected chi connectivity index (χ4v) is 9.95. The second-order valence-corrected chi connectivity index (χ2v) is 22.5. The number of ketones is 3. The molecule has 430 valence electrons. The van der Waals surface area contributed by atoms with E-state index in [0.717, 1.165) is 29.5 Å². The molecule has 2 fully saturated rings. The van der Waals surface area contributed by atoms with Crippen LogP contribution in [0.3, 0.4) is 0 Å². The lowest BCUT2D eigenvalue weighted by molar-refractivity contribution is -0.136. The molecule has 1 aliphatic carbocycles. The number of carbonyl (C=O) groups is 6. The number of amides is 2. The summed E-state index contributed by atoms with van der Waals surface area (Å²) in [5.74, 6) is -2.30. The number of rotatable bonds is 37. The first-order chi connectivity index (χ1) is 38.1. The summed E-state index contributed by atoms with van der Waals surface area (Å²) in [6.45, 7) is 14.5. The van der Waals surface area contributed by atoms with Gasteiger partial charge in [0, 0.05) is 62.4 Å². The maximum Gasteiger partial charge on any atom is 0.311 e. The molecule has 1 aromatic heterocycles. The molecule has 5 atom stereocenters. The maximum absolute atomic E-state index is 14.6. The predicted molar refractivity (Wildman–Crippen MR) is 300 cm³/mol. The molecule has 3 aromatic carbocycles. The number of ether oxygens (including phenoxy) is 5. The Morgan fingerprint density at radius 3 is 2.04 bits per heavy atom. The van der Waals surface area contributed by atoms with Crippen LogP contribution in [0.4, 0.5) is 0 Å². The molecule has 2 amide bonds. The number of esters is 1. The molecule has 1 unspecified atom stereocenters. The van der Waals surface area contributed by atoms with Crippen molar-refractivity contribution >= 4 is 35.1 Å². The number of methoxy groups -OCH3 is 1. The van der Waals surface area contributed by atoms with Crippen LogP contribution in [0.25, 0.3) is 0 Å². The van der Waals surface area contributed by atoms with Crippen molar-refractivity contribution in [1.29, 1.82) is 0 Å². The molecule has 17 nitrogen and oxygen atoms in total. The van der Waals surface area contributed by atoms with Gasteiger partial charge in [-0.3, -0.25) is 33.7 Å². The highest BCUT2D eigenvalue weighted by Gasteiger charge is 2.48. The van der Waals surface area contributed by atoms with E-state index in [1.807, 2.05) is 107 Å². The molecule has 0 radical (unpaired) electrons. The van der Waals surface area contributed by atoms with E-state index in [-0.39, 0.29) is 79.3 Å². The van der Waals surface area contributed by atoms with Crippen molar-refractivity contribution in [2.45, 2.75) is 136 Å². The zero-order valence-electron chi connectivity index (χ0n) is 47.5. The Morgan fingerprint density at radius 2 is 1.37 bits per heavy atom. The lowest BCUT2D eigenvalue weighted by atomic mass is 9.87. The number of carbonyl (C=O) groups excluding carboxylic acids is 6. The molecule has 1 saturated carbocycles. The Morgan fingerprint density at radius 1 is 0.734 bits per heavy atom. The molecule has 17 heteroatoms. The molecule has 79 heavy (non-hydrogen) atoms. The molecule has 2 heterocycles. The summed E-state index contributed by atoms with van der Waals surface area (Å²) in [7, 11) is 1.63. The first kappa shape index (κ1) is 62.2. The molecular weight excluding hydrogens is 1000 g/mol. The second-order valence-electron chi connectivity index (χ2n) is 22.5. The van der Waals surface area contributed by atoms with Gasteiger partial charge in [-0.1, -0.05) is 113 Å². The molecule has 6 rings (SSSR count). The van der Waals surface area contributed by atoms with Crippen molar-refractivity contribution in [2.24, 2.45) is 29.1 Å². The van der Waals surface area contributed by atoms with E-state index in [2.05, 4.69) is 25.8 Å². The van der Waals surface area contributed by atoms with Crippen LogP contribution in [0.5, 0.6) is 5.75 Å². The highest BCUT2D eigenvalue weighted by molar-refractivity contribution is 5.97. The normalized spacial score (nSPS) is 16.7. The minimum absolute atomic E-state index is 0.0193. The zero-order chi connectivity index (χ0) is 56.6. The number of aryl methyl sites for hydroxylation is 2. The lowest BCUT2D eigenvalue weighted by Gasteiger charge is -2.35. The van der Waals surface area contributed by atoms with Crippen LogP contribution in [-0.2, 0) is 79.9 Å². The van der Waals surface area contributed by atoms with Crippen LogP contribution in [0, 0.1) is 29.1 Å². The maximum atomic E-state index is 14.6. The van der Waals surface area contributed by atoms with Gasteiger partial charge in [0.2, 0.25) is 11.8 Å². The molecule has 0 spiro atoms. The van der Waals surface area contributed by atoms with Crippen LogP contribution in [0.15, 0.2) is 91.1 Å². The molecular formula is C62H86N6O11. The van der Waals surface area contributed by atoms with Crippen molar-refractivity contribution in [3.05, 3.63) is 114 Å². The summed E-state index contributed by atoms with van der Waals surface area (Å²) < 4.78 is 29.2. The quantitative estimate of drug-likeness (QED) is 0.0261. The number of hydrogen-bond donors (Lipinski definition) is 2. The molecule has 1 saturated heterocycles. The standard InChI is InChI=1S/C62H86N6O11/c1-44(2)35-55(57(70)40-50(37-47-15-11-8-12-16-47)61(74)64-56(36-45(3)4)59(72)62(5)25-26-62)63-60(73)49(20-17-46-13-9-7-10-14-46)39-53(69)42-67-27-29-78-43-52(67)38-48-18-22-54(23-19-48)79-58(71)24-21-51-41-68(66-65-51)28-30-76-33-34-77-32-31-75-6/h7-16,18-19,22-23,41,44-45,49-50,52,55-56H,17,20-21,24-40,42-43H2,1-6H3,(H,63,73)(H,64,74)/t49-,50-,52?,55+,56+/m1/s1. The average Bonchev–Trinajstić information content (AvgIpc) is 4.07. The van der Waals surface area contributed by atoms with Gasteiger partial charge in [0.1, 0.15) is 11.5 Å². The highest BCUT2D eigenvalue weighted by atomic mass is 16.5. The summed E-state index contributed by atoms with van der Waals surface area (Å²) in [6.07, 6.45) is 6.42. The van der Waals surface area contributed by atoms with Gasteiger partial charge in [0.05, 0.1) is 83.5 Å². The number of benzene rings is 3. The first-order valence-corrected chi connectivity index (χ1v) is 28.5. The molecule has 4 aromatic rings. The number of nitrogens with one attached hydrogen (secondary N) is 2. The van der Waals surface area contributed by atoms with E-state index in [0.29, 0.717) is 109 Å². The predicted octanol–water partition coefficient (Wildman–Crippen LogP) is 7.20. The van der Waals surface area contributed by atoms with Crippen molar-refractivity contribution in [3.63, 3.8) is 0 Å². The van der Waals surface area contributed by atoms with Crippen LogP contribution < -0.4 is 15.4 Å². The first-order valence-electron chi connectivity index (χ1n) is 28.5. The Bertz CT molecular complexity index is 2520. The number of aromatic nitrogens is 3. The molecule has 1 aliphatic heterocycles. The minimum Gasteiger partial charge on any atom is -0.427 e. The van der Waals surface area contributed by atoms with Gasteiger partial charge < -0.3 is 34.3 Å². The minimum atomic E-state index is -0.891. The van der Waals surface area contributed by atoms with E-state index in [9.17, 15) is 28.8 Å². The van der Waals surface area contributed by atoms with Gasteiger partial charge in [0.25, 0.3) is 0 Å². The Labute approximate surface area is 467 Å².